The Labute approximate surface area is 109 Å². The molecule has 102 valence electrons. The number of aromatic nitrogens is 2. The molecule has 1 aliphatic rings. The van der Waals surface area contributed by atoms with Crippen molar-refractivity contribution in [3.8, 4) is 0 Å². The summed E-state index contributed by atoms with van der Waals surface area (Å²) < 4.78 is 5.57. The first kappa shape index (κ1) is 13.3. The van der Waals surface area contributed by atoms with Crippen molar-refractivity contribution >= 4 is 6.01 Å². The largest absolute Gasteiger partial charge is 0.407 e. The smallest absolute Gasteiger partial charge is 0.315 e. The van der Waals surface area contributed by atoms with Crippen LogP contribution < -0.4 is 10.6 Å². The van der Waals surface area contributed by atoms with Crippen molar-refractivity contribution in [2.75, 3.05) is 11.9 Å². The van der Waals surface area contributed by atoms with Crippen LogP contribution in [0.25, 0.3) is 0 Å². The Kier molecular flexibility index (Phi) is 4.99. The van der Waals surface area contributed by atoms with E-state index in [0.717, 1.165) is 18.9 Å². The molecule has 5 nitrogen and oxygen atoms in total. The predicted octanol–water partition coefficient (Wildman–Crippen LogP) is 2.56. The lowest BCUT2D eigenvalue weighted by atomic mass is 9.87. The summed E-state index contributed by atoms with van der Waals surface area (Å²) in [5, 5.41) is 14.7. The predicted molar refractivity (Wildman–Crippen MR) is 71.3 cm³/mol. The van der Waals surface area contributed by atoms with E-state index in [9.17, 15) is 0 Å². The Morgan fingerprint density at radius 2 is 2.22 bits per heavy atom. The van der Waals surface area contributed by atoms with E-state index < -0.39 is 0 Å². The molecule has 2 atom stereocenters. The van der Waals surface area contributed by atoms with Gasteiger partial charge in [-0.05, 0) is 31.7 Å². The van der Waals surface area contributed by atoms with Gasteiger partial charge in [0.2, 0.25) is 5.89 Å². The quantitative estimate of drug-likeness (QED) is 0.762. The summed E-state index contributed by atoms with van der Waals surface area (Å²) in [6.07, 6.45) is 6.15. The molecule has 0 amide bonds. The zero-order chi connectivity index (χ0) is 12.8. The van der Waals surface area contributed by atoms with E-state index in [-0.39, 0.29) is 0 Å². The van der Waals surface area contributed by atoms with E-state index >= 15 is 0 Å². The van der Waals surface area contributed by atoms with Crippen molar-refractivity contribution in [3.05, 3.63) is 5.89 Å². The molecule has 1 aromatic heterocycles. The SMILES string of the molecule is CCCNCc1nnc(NC2CCCC(C)C2)o1. The minimum Gasteiger partial charge on any atom is -0.407 e. The summed E-state index contributed by atoms with van der Waals surface area (Å²) in [4.78, 5) is 0. The Balaban J connectivity index is 1.78. The molecule has 18 heavy (non-hydrogen) atoms. The second-order valence-corrected chi connectivity index (χ2v) is 5.29. The molecule has 0 spiro atoms. The first-order valence-electron chi connectivity index (χ1n) is 7.07. The summed E-state index contributed by atoms with van der Waals surface area (Å²) in [5.74, 6) is 1.46. The van der Waals surface area contributed by atoms with Crippen LogP contribution in [-0.2, 0) is 6.54 Å². The van der Waals surface area contributed by atoms with E-state index in [1.807, 2.05) is 0 Å². The molecule has 2 rings (SSSR count). The van der Waals surface area contributed by atoms with Crippen molar-refractivity contribution in [2.45, 2.75) is 58.5 Å². The lowest BCUT2D eigenvalue weighted by molar-refractivity contribution is 0.352. The highest BCUT2D eigenvalue weighted by molar-refractivity contribution is 5.19. The number of hydrogen-bond acceptors (Lipinski definition) is 5. The lowest BCUT2D eigenvalue weighted by Gasteiger charge is -2.26. The van der Waals surface area contributed by atoms with Gasteiger partial charge >= 0.3 is 6.01 Å². The number of hydrogen-bond donors (Lipinski definition) is 2. The average Bonchev–Trinajstić information content (AvgIpc) is 2.77. The number of nitrogens with one attached hydrogen (secondary N) is 2. The summed E-state index contributed by atoms with van der Waals surface area (Å²) in [5.41, 5.74) is 0. The van der Waals surface area contributed by atoms with Crippen LogP contribution in [0.5, 0.6) is 0 Å². The van der Waals surface area contributed by atoms with Gasteiger partial charge in [-0.1, -0.05) is 31.8 Å². The summed E-state index contributed by atoms with van der Waals surface area (Å²) in [6, 6.07) is 1.06. The van der Waals surface area contributed by atoms with Crippen LogP contribution in [0.15, 0.2) is 4.42 Å². The molecule has 0 bridgehead atoms. The van der Waals surface area contributed by atoms with Crippen molar-refractivity contribution in [2.24, 2.45) is 5.92 Å². The average molecular weight is 252 g/mol. The molecular weight excluding hydrogens is 228 g/mol. The van der Waals surface area contributed by atoms with Crippen molar-refractivity contribution in [1.82, 2.24) is 15.5 Å². The van der Waals surface area contributed by atoms with Gasteiger partial charge in [0.25, 0.3) is 0 Å². The topological polar surface area (TPSA) is 63.0 Å². The van der Waals surface area contributed by atoms with E-state index in [4.69, 9.17) is 4.42 Å². The molecule has 1 heterocycles. The molecular formula is C13H24N4O. The van der Waals surface area contributed by atoms with Gasteiger partial charge in [-0.3, -0.25) is 0 Å². The van der Waals surface area contributed by atoms with E-state index in [1.54, 1.807) is 0 Å². The summed E-state index contributed by atoms with van der Waals surface area (Å²) in [7, 11) is 0. The number of rotatable bonds is 6. The highest BCUT2D eigenvalue weighted by Gasteiger charge is 2.20. The van der Waals surface area contributed by atoms with E-state index in [0.29, 0.717) is 24.5 Å². The lowest BCUT2D eigenvalue weighted by Crippen LogP contribution is -2.26. The first-order chi connectivity index (χ1) is 8.78. The molecule has 0 radical (unpaired) electrons. The maximum Gasteiger partial charge on any atom is 0.315 e. The fourth-order valence-corrected chi connectivity index (χ4v) is 2.50. The Morgan fingerprint density at radius 3 is 3.00 bits per heavy atom. The molecule has 1 aliphatic carbocycles. The van der Waals surface area contributed by atoms with Crippen LogP contribution in [0, 0.1) is 5.92 Å². The monoisotopic (exact) mass is 252 g/mol. The highest BCUT2D eigenvalue weighted by atomic mass is 16.4. The molecule has 0 saturated heterocycles. The molecule has 0 aromatic carbocycles. The van der Waals surface area contributed by atoms with Crippen LogP contribution >= 0.6 is 0 Å². The third-order valence-corrected chi connectivity index (χ3v) is 3.43. The van der Waals surface area contributed by atoms with Gasteiger partial charge in [-0.25, -0.2) is 0 Å². The van der Waals surface area contributed by atoms with Crippen molar-refractivity contribution in [1.29, 1.82) is 0 Å². The standard InChI is InChI=1S/C13H24N4O/c1-3-7-14-9-12-16-17-13(18-12)15-11-6-4-5-10(2)8-11/h10-11,14H,3-9H2,1-2H3,(H,15,17). The molecule has 2 unspecified atom stereocenters. The first-order valence-corrected chi connectivity index (χ1v) is 7.07. The van der Waals surface area contributed by atoms with E-state index in [1.165, 1.54) is 25.7 Å². The number of nitrogens with zero attached hydrogens (tertiary/aromatic N) is 2. The Bertz CT molecular complexity index is 353. The zero-order valence-corrected chi connectivity index (χ0v) is 11.4. The second kappa shape index (κ2) is 6.73. The third-order valence-electron chi connectivity index (χ3n) is 3.43. The van der Waals surface area contributed by atoms with Gasteiger partial charge in [0, 0.05) is 6.04 Å². The fourth-order valence-electron chi connectivity index (χ4n) is 2.50. The van der Waals surface area contributed by atoms with Gasteiger partial charge in [0.1, 0.15) is 0 Å². The van der Waals surface area contributed by atoms with Gasteiger partial charge < -0.3 is 15.1 Å². The zero-order valence-electron chi connectivity index (χ0n) is 11.4. The van der Waals surface area contributed by atoms with E-state index in [2.05, 4.69) is 34.7 Å². The molecule has 2 N–H and O–H groups in total. The molecule has 1 fully saturated rings. The number of anilines is 1. The van der Waals surface area contributed by atoms with Gasteiger partial charge in [-0.15, -0.1) is 5.10 Å². The second-order valence-electron chi connectivity index (χ2n) is 5.29. The Morgan fingerprint density at radius 1 is 1.33 bits per heavy atom. The van der Waals surface area contributed by atoms with Crippen LogP contribution in [-0.4, -0.2) is 22.8 Å². The van der Waals surface area contributed by atoms with Crippen LogP contribution in [0.1, 0.15) is 51.8 Å². The molecule has 1 aromatic rings. The maximum absolute atomic E-state index is 5.57. The minimum absolute atomic E-state index is 0.491. The third kappa shape index (κ3) is 3.98. The normalized spacial score (nSPS) is 24.1. The van der Waals surface area contributed by atoms with Crippen molar-refractivity contribution in [3.63, 3.8) is 0 Å². The summed E-state index contributed by atoms with van der Waals surface area (Å²) in [6.45, 7) is 6.08. The van der Waals surface area contributed by atoms with Gasteiger partial charge in [-0.2, -0.15) is 0 Å². The minimum atomic E-state index is 0.491. The molecule has 5 heteroatoms. The van der Waals surface area contributed by atoms with Gasteiger partial charge in [0.15, 0.2) is 0 Å². The van der Waals surface area contributed by atoms with Crippen LogP contribution in [0.2, 0.25) is 0 Å². The Hall–Kier alpha value is -1.10. The maximum atomic E-state index is 5.57. The van der Waals surface area contributed by atoms with Crippen LogP contribution in [0.3, 0.4) is 0 Å². The van der Waals surface area contributed by atoms with Gasteiger partial charge in [0.05, 0.1) is 6.54 Å². The van der Waals surface area contributed by atoms with Crippen molar-refractivity contribution < 1.29 is 4.42 Å². The summed E-state index contributed by atoms with van der Waals surface area (Å²) >= 11 is 0. The molecule has 0 aliphatic heterocycles. The highest BCUT2D eigenvalue weighted by Crippen LogP contribution is 2.25. The van der Waals surface area contributed by atoms with Crippen LogP contribution in [0.4, 0.5) is 6.01 Å². The fraction of sp³-hybridized carbons (Fsp3) is 0.846. The molecule has 1 saturated carbocycles.